The van der Waals surface area contributed by atoms with Crippen LogP contribution in [0.25, 0.3) is 0 Å². The Labute approximate surface area is 93.5 Å². The molecule has 0 spiro atoms. The fourth-order valence-corrected chi connectivity index (χ4v) is 1.90. The zero-order valence-corrected chi connectivity index (χ0v) is 9.89. The Hall–Kier alpha value is -1.43. The third-order valence-corrected chi connectivity index (χ3v) is 2.36. The van der Waals surface area contributed by atoms with Crippen LogP contribution in [0.4, 0.5) is 3.89 Å². The summed E-state index contributed by atoms with van der Waals surface area (Å²) in [6, 6.07) is 3.00. The lowest BCUT2D eigenvalue weighted by atomic mass is 10.0. The first-order valence-electron chi connectivity index (χ1n) is 4.47. The van der Waals surface area contributed by atoms with Gasteiger partial charge in [0.1, 0.15) is 0 Å². The SMILES string of the molecule is CC(=O)c1c(C)cc(C)cc1OS(=O)(=O)F. The van der Waals surface area contributed by atoms with Gasteiger partial charge in [0.15, 0.2) is 11.5 Å². The molecule has 0 aliphatic carbocycles. The van der Waals surface area contributed by atoms with Gasteiger partial charge in [-0.2, -0.15) is 8.42 Å². The molecule has 0 aliphatic heterocycles. The van der Waals surface area contributed by atoms with Crippen molar-refractivity contribution in [3.63, 3.8) is 0 Å². The lowest BCUT2D eigenvalue weighted by molar-refractivity contribution is 0.101. The molecule has 4 nitrogen and oxygen atoms in total. The van der Waals surface area contributed by atoms with Crippen molar-refractivity contribution in [2.75, 3.05) is 0 Å². The van der Waals surface area contributed by atoms with Gasteiger partial charge in [-0.05, 0) is 38.0 Å². The number of hydrogen-bond acceptors (Lipinski definition) is 4. The predicted octanol–water partition coefficient (Wildman–Crippen LogP) is 2.10. The minimum absolute atomic E-state index is 0.0758. The van der Waals surface area contributed by atoms with E-state index in [0.29, 0.717) is 11.1 Å². The second-order valence-corrected chi connectivity index (χ2v) is 4.44. The van der Waals surface area contributed by atoms with Gasteiger partial charge < -0.3 is 4.18 Å². The normalized spacial score (nSPS) is 11.2. The Morgan fingerprint density at radius 2 is 1.88 bits per heavy atom. The molecule has 0 aromatic heterocycles. The van der Waals surface area contributed by atoms with Gasteiger partial charge in [0, 0.05) is 0 Å². The van der Waals surface area contributed by atoms with Gasteiger partial charge in [0.25, 0.3) is 0 Å². The first-order chi connectivity index (χ1) is 7.20. The molecule has 0 N–H and O–H groups in total. The van der Waals surface area contributed by atoms with Crippen LogP contribution in [0.15, 0.2) is 12.1 Å². The smallest absolute Gasteiger partial charge is 0.358 e. The average molecular weight is 246 g/mol. The standard InChI is InChI=1S/C10H11FO4S/c1-6-4-7(2)10(8(3)12)9(5-6)15-16(11,13)14/h4-5H,1-3H3. The second-order valence-electron chi connectivity index (χ2n) is 3.49. The molecule has 16 heavy (non-hydrogen) atoms. The minimum Gasteiger partial charge on any atom is -0.358 e. The zero-order chi connectivity index (χ0) is 12.5. The van der Waals surface area contributed by atoms with E-state index < -0.39 is 10.5 Å². The quantitative estimate of drug-likeness (QED) is 0.605. The molecule has 0 fully saturated rings. The van der Waals surface area contributed by atoms with Crippen LogP contribution in [-0.2, 0) is 10.5 Å². The third-order valence-electron chi connectivity index (χ3n) is 1.99. The van der Waals surface area contributed by atoms with Crippen LogP contribution in [0.1, 0.15) is 28.4 Å². The molecule has 1 aromatic carbocycles. The Balaban J connectivity index is 3.41. The number of rotatable bonds is 3. The van der Waals surface area contributed by atoms with Crippen LogP contribution in [0.5, 0.6) is 5.75 Å². The summed E-state index contributed by atoms with van der Waals surface area (Å²) < 4.78 is 37.4. The van der Waals surface area contributed by atoms with E-state index in [4.69, 9.17) is 0 Å². The third kappa shape index (κ3) is 3.03. The van der Waals surface area contributed by atoms with E-state index in [9.17, 15) is 17.1 Å². The van der Waals surface area contributed by atoms with Crippen molar-refractivity contribution < 1.29 is 21.3 Å². The molecule has 1 aromatic rings. The summed E-state index contributed by atoms with van der Waals surface area (Å²) >= 11 is 0. The van der Waals surface area contributed by atoms with E-state index in [2.05, 4.69) is 4.18 Å². The van der Waals surface area contributed by atoms with Crippen LogP contribution in [0.2, 0.25) is 0 Å². The lowest BCUT2D eigenvalue weighted by Crippen LogP contribution is -2.07. The summed E-state index contributed by atoms with van der Waals surface area (Å²) in [4.78, 5) is 11.3. The molecule has 0 aliphatic rings. The average Bonchev–Trinajstić information content (AvgIpc) is 1.96. The van der Waals surface area contributed by atoms with Crippen molar-refractivity contribution in [3.8, 4) is 5.75 Å². The molecule has 0 saturated carbocycles. The minimum atomic E-state index is -5.12. The fourth-order valence-electron chi connectivity index (χ4n) is 1.55. The molecule has 0 heterocycles. The van der Waals surface area contributed by atoms with Crippen molar-refractivity contribution in [2.45, 2.75) is 20.8 Å². The highest BCUT2D eigenvalue weighted by Gasteiger charge is 2.18. The van der Waals surface area contributed by atoms with E-state index in [1.807, 2.05) is 0 Å². The topological polar surface area (TPSA) is 60.4 Å². The maximum atomic E-state index is 12.4. The van der Waals surface area contributed by atoms with Gasteiger partial charge >= 0.3 is 10.5 Å². The molecular weight excluding hydrogens is 235 g/mol. The summed E-state index contributed by atoms with van der Waals surface area (Å²) in [6.45, 7) is 4.57. The van der Waals surface area contributed by atoms with E-state index >= 15 is 0 Å². The highest BCUT2D eigenvalue weighted by Crippen LogP contribution is 2.26. The van der Waals surface area contributed by atoms with Gasteiger partial charge in [-0.25, -0.2) is 0 Å². The van der Waals surface area contributed by atoms with E-state index in [-0.39, 0.29) is 17.1 Å². The van der Waals surface area contributed by atoms with Crippen LogP contribution in [0.3, 0.4) is 0 Å². The Bertz CT molecular complexity index is 534. The van der Waals surface area contributed by atoms with Crippen molar-refractivity contribution in [2.24, 2.45) is 0 Å². The van der Waals surface area contributed by atoms with E-state index in [1.165, 1.54) is 13.0 Å². The van der Waals surface area contributed by atoms with Gasteiger partial charge in [-0.15, -0.1) is 0 Å². The number of aryl methyl sites for hydroxylation is 2. The number of benzene rings is 1. The number of ketones is 1. The number of halogens is 1. The van der Waals surface area contributed by atoms with Crippen molar-refractivity contribution in [1.29, 1.82) is 0 Å². The maximum Gasteiger partial charge on any atom is 0.488 e. The van der Waals surface area contributed by atoms with Gasteiger partial charge in [-0.1, -0.05) is 9.95 Å². The molecule has 0 atom stereocenters. The van der Waals surface area contributed by atoms with E-state index in [0.717, 1.165) is 0 Å². The summed E-state index contributed by atoms with van der Waals surface area (Å²) in [5, 5.41) is 0. The Kier molecular flexibility index (Phi) is 3.32. The van der Waals surface area contributed by atoms with Gasteiger partial charge in [0.2, 0.25) is 0 Å². The van der Waals surface area contributed by atoms with Crippen LogP contribution in [0, 0.1) is 13.8 Å². The van der Waals surface area contributed by atoms with Crippen LogP contribution < -0.4 is 4.18 Å². The summed E-state index contributed by atoms with van der Waals surface area (Å²) in [7, 11) is -5.12. The maximum absolute atomic E-state index is 12.4. The highest BCUT2D eigenvalue weighted by molar-refractivity contribution is 7.81. The van der Waals surface area contributed by atoms with Gasteiger partial charge in [0.05, 0.1) is 5.56 Å². The second kappa shape index (κ2) is 4.21. The molecule has 0 saturated heterocycles. The van der Waals surface area contributed by atoms with Crippen molar-refractivity contribution in [1.82, 2.24) is 0 Å². The largest absolute Gasteiger partial charge is 0.488 e. The van der Waals surface area contributed by atoms with Crippen LogP contribution in [-0.4, -0.2) is 14.2 Å². The van der Waals surface area contributed by atoms with Crippen molar-refractivity contribution in [3.05, 3.63) is 28.8 Å². The molecule has 6 heteroatoms. The number of Topliss-reactive ketones (excluding diaryl/α,β-unsaturated/α-hetero) is 1. The number of hydrogen-bond donors (Lipinski definition) is 0. The first kappa shape index (κ1) is 12.6. The lowest BCUT2D eigenvalue weighted by Gasteiger charge is -2.09. The Morgan fingerprint density at radius 1 is 1.31 bits per heavy atom. The first-order valence-corrected chi connectivity index (χ1v) is 5.78. The molecule has 0 radical (unpaired) electrons. The molecule has 0 bridgehead atoms. The summed E-state index contributed by atoms with van der Waals surface area (Å²) in [5.41, 5.74) is 1.30. The molecule has 0 unspecified atom stereocenters. The summed E-state index contributed by atoms with van der Waals surface area (Å²) in [5.74, 6) is -0.649. The molecular formula is C10H11FO4S. The number of carbonyl (C=O) groups excluding carboxylic acids is 1. The van der Waals surface area contributed by atoms with Gasteiger partial charge in [-0.3, -0.25) is 4.79 Å². The molecule has 1 rings (SSSR count). The van der Waals surface area contributed by atoms with Crippen LogP contribution >= 0.6 is 0 Å². The zero-order valence-electron chi connectivity index (χ0n) is 9.07. The fraction of sp³-hybridized carbons (Fsp3) is 0.300. The van der Waals surface area contributed by atoms with Crippen molar-refractivity contribution >= 4 is 16.3 Å². The number of carbonyl (C=O) groups is 1. The Morgan fingerprint density at radius 3 is 2.31 bits per heavy atom. The van der Waals surface area contributed by atoms with E-state index in [1.54, 1.807) is 19.9 Å². The monoisotopic (exact) mass is 246 g/mol. The highest BCUT2D eigenvalue weighted by atomic mass is 32.3. The predicted molar refractivity (Wildman–Crippen MR) is 56.6 cm³/mol. The molecule has 88 valence electrons. The summed E-state index contributed by atoms with van der Waals surface area (Å²) in [6.07, 6.45) is 0. The molecule has 0 amide bonds.